The molecule has 0 aliphatic heterocycles. The Balaban J connectivity index is 2.18. The number of benzene rings is 2. The average Bonchev–Trinajstić information content (AvgIpc) is 3.05. The number of para-hydroxylation sites is 1. The number of hydrogen-bond acceptors (Lipinski definition) is 3. The van der Waals surface area contributed by atoms with Gasteiger partial charge in [-0.3, -0.25) is 9.36 Å². The van der Waals surface area contributed by atoms with E-state index in [0.717, 1.165) is 22.1 Å². The number of amides is 1. The van der Waals surface area contributed by atoms with Gasteiger partial charge in [-0.2, -0.15) is 0 Å². The van der Waals surface area contributed by atoms with Gasteiger partial charge in [0, 0.05) is 12.6 Å². The lowest BCUT2D eigenvalue weighted by molar-refractivity contribution is -0.119. The number of carbonyl (C=O) groups is 1. The SMILES string of the molecule is CNC(=O)C(C)Sc1ncc(-c2ccccc2)n1-c1c(C)cccc1C. The van der Waals surface area contributed by atoms with Gasteiger partial charge in [0.2, 0.25) is 5.91 Å². The number of imidazole rings is 1. The van der Waals surface area contributed by atoms with Crippen molar-refractivity contribution < 1.29 is 4.79 Å². The highest BCUT2D eigenvalue weighted by atomic mass is 32.2. The molecule has 1 amide bonds. The molecule has 0 spiro atoms. The van der Waals surface area contributed by atoms with Crippen LogP contribution in [0, 0.1) is 13.8 Å². The number of aromatic nitrogens is 2. The molecule has 0 saturated carbocycles. The second-order valence-electron chi connectivity index (χ2n) is 6.24. The maximum absolute atomic E-state index is 12.0. The summed E-state index contributed by atoms with van der Waals surface area (Å²) in [5, 5.41) is 3.30. The Morgan fingerprint density at radius 2 is 1.73 bits per heavy atom. The summed E-state index contributed by atoms with van der Waals surface area (Å²) in [7, 11) is 1.66. The van der Waals surface area contributed by atoms with Crippen molar-refractivity contribution in [3.05, 3.63) is 65.9 Å². The molecular weight excluding hydrogens is 342 g/mol. The molecule has 0 bridgehead atoms. The molecule has 1 heterocycles. The Labute approximate surface area is 158 Å². The van der Waals surface area contributed by atoms with Crippen molar-refractivity contribution >= 4 is 17.7 Å². The molecule has 0 saturated heterocycles. The van der Waals surface area contributed by atoms with E-state index in [2.05, 4.69) is 59.0 Å². The van der Waals surface area contributed by atoms with Crippen LogP contribution in [-0.4, -0.2) is 27.8 Å². The van der Waals surface area contributed by atoms with Crippen LogP contribution in [0.3, 0.4) is 0 Å². The maximum atomic E-state index is 12.0. The second-order valence-corrected chi connectivity index (χ2v) is 7.55. The van der Waals surface area contributed by atoms with Gasteiger partial charge in [-0.05, 0) is 31.9 Å². The van der Waals surface area contributed by atoms with Gasteiger partial charge in [0.1, 0.15) is 0 Å². The molecule has 2 aromatic carbocycles. The Kier molecular flexibility index (Phi) is 5.47. The molecule has 5 heteroatoms. The minimum Gasteiger partial charge on any atom is -0.358 e. The smallest absolute Gasteiger partial charge is 0.233 e. The zero-order valence-electron chi connectivity index (χ0n) is 15.5. The van der Waals surface area contributed by atoms with Gasteiger partial charge < -0.3 is 5.32 Å². The summed E-state index contributed by atoms with van der Waals surface area (Å²) in [4.78, 5) is 16.7. The largest absolute Gasteiger partial charge is 0.358 e. The van der Waals surface area contributed by atoms with Crippen LogP contribution < -0.4 is 5.32 Å². The zero-order chi connectivity index (χ0) is 18.7. The molecule has 3 rings (SSSR count). The van der Waals surface area contributed by atoms with Crippen LogP contribution in [-0.2, 0) is 4.79 Å². The van der Waals surface area contributed by atoms with Crippen molar-refractivity contribution in [2.24, 2.45) is 0 Å². The summed E-state index contributed by atoms with van der Waals surface area (Å²) in [5.41, 5.74) is 5.59. The fourth-order valence-electron chi connectivity index (χ4n) is 3.02. The van der Waals surface area contributed by atoms with E-state index in [1.165, 1.54) is 22.9 Å². The minimum atomic E-state index is -0.228. The lowest BCUT2D eigenvalue weighted by Gasteiger charge is -2.18. The van der Waals surface area contributed by atoms with Gasteiger partial charge in [0.25, 0.3) is 0 Å². The molecule has 134 valence electrons. The van der Waals surface area contributed by atoms with Crippen LogP contribution in [0.1, 0.15) is 18.1 Å². The lowest BCUT2D eigenvalue weighted by Crippen LogP contribution is -2.27. The molecule has 1 unspecified atom stereocenters. The van der Waals surface area contributed by atoms with Crippen molar-refractivity contribution in [3.8, 4) is 16.9 Å². The molecule has 0 aliphatic rings. The molecule has 0 fully saturated rings. The monoisotopic (exact) mass is 365 g/mol. The molecule has 3 aromatic rings. The van der Waals surface area contributed by atoms with E-state index in [0.29, 0.717) is 0 Å². The van der Waals surface area contributed by atoms with Crippen molar-refractivity contribution in [1.29, 1.82) is 0 Å². The van der Waals surface area contributed by atoms with E-state index < -0.39 is 0 Å². The Bertz CT molecular complexity index is 898. The highest BCUT2D eigenvalue weighted by Crippen LogP contribution is 2.34. The molecule has 1 aromatic heterocycles. The van der Waals surface area contributed by atoms with Gasteiger partial charge in [-0.1, -0.05) is 60.3 Å². The van der Waals surface area contributed by atoms with Crippen molar-refractivity contribution in [2.45, 2.75) is 31.2 Å². The third kappa shape index (κ3) is 3.53. The van der Waals surface area contributed by atoms with E-state index in [4.69, 9.17) is 0 Å². The number of thioether (sulfide) groups is 1. The van der Waals surface area contributed by atoms with Crippen molar-refractivity contribution in [1.82, 2.24) is 14.9 Å². The second kappa shape index (κ2) is 7.79. The molecule has 26 heavy (non-hydrogen) atoms. The fraction of sp³-hybridized carbons (Fsp3) is 0.238. The topological polar surface area (TPSA) is 46.9 Å². The summed E-state index contributed by atoms with van der Waals surface area (Å²) in [6.45, 7) is 6.11. The first-order valence-electron chi connectivity index (χ1n) is 8.61. The standard InChI is InChI=1S/C21H23N3OS/c1-14-9-8-10-15(2)19(14)24-18(17-11-6-5-7-12-17)13-23-21(24)26-16(3)20(25)22-4/h5-13,16H,1-4H3,(H,22,25). The number of nitrogens with one attached hydrogen (secondary N) is 1. The fourth-order valence-corrected chi connectivity index (χ4v) is 3.97. The first kappa shape index (κ1) is 18.3. The molecule has 0 radical (unpaired) electrons. The van der Waals surface area contributed by atoms with Crippen LogP contribution in [0.2, 0.25) is 0 Å². The Hall–Kier alpha value is -2.53. The molecular formula is C21H23N3OS. The van der Waals surface area contributed by atoms with E-state index in [9.17, 15) is 4.79 Å². The van der Waals surface area contributed by atoms with Crippen LogP contribution in [0.5, 0.6) is 0 Å². The molecule has 1 N–H and O–H groups in total. The summed E-state index contributed by atoms with van der Waals surface area (Å²) < 4.78 is 2.17. The van der Waals surface area contributed by atoms with E-state index in [1.54, 1.807) is 7.05 Å². The summed E-state index contributed by atoms with van der Waals surface area (Å²) in [6.07, 6.45) is 1.89. The van der Waals surface area contributed by atoms with E-state index in [1.807, 2.05) is 31.3 Å². The Morgan fingerprint density at radius 1 is 1.08 bits per heavy atom. The van der Waals surface area contributed by atoms with Crippen LogP contribution in [0.25, 0.3) is 16.9 Å². The van der Waals surface area contributed by atoms with Crippen LogP contribution in [0.4, 0.5) is 0 Å². The first-order valence-corrected chi connectivity index (χ1v) is 9.49. The predicted molar refractivity (Wildman–Crippen MR) is 108 cm³/mol. The van der Waals surface area contributed by atoms with Gasteiger partial charge in [-0.15, -0.1) is 0 Å². The molecule has 4 nitrogen and oxygen atoms in total. The number of hydrogen-bond donors (Lipinski definition) is 1. The molecule has 1 atom stereocenters. The number of aryl methyl sites for hydroxylation is 2. The van der Waals surface area contributed by atoms with Gasteiger partial charge in [0.15, 0.2) is 5.16 Å². The third-order valence-electron chi connectivity index (χ3n) is 4.36. The Morgan fingerprint density at radius 3 is 2.35 bits per heavy atom. The number of rotatable bonds is 5. The minimum absolute atomic E-state index is 0.00711. The highest BCUT2D eigenvalue weighted by molar-refractivity contribution is 8.00. The molecule has 0 aliphatic carbocycles. The van der Waals surface area contributed by atoms with Gasteiger partial charge >= 0.3 is 0 Å². The number of nitrogens with zero attached hydrogens (tertiary/aromatic N) is 2. The van der Waals surface area contributed by atoms with E-state index in [-0.39, 0.29) is 11.2 Å². The predicted octanol–water partition coefficient (Wildman–Crippen LogP) is 4.38. The normalized spacial score (nSPS) is 12.0. The maximum Gasteiger partial charge on any atom is 0.233 e. The zero-order valence-corrected chi connectivity index (χ0v) is 16.3. The first-order chi connectivity index (χ1) is 12.5. The lowest BCUT2D eigenvalue weighted by atomic mass is 10.1. The summed E-state index contributed by atoms with van der Waals surface area (Å²) in [5.74, 6) is -0.00711. The quantitative estimate of drug-likeness (QED) is 0.683. The average molecular weight is 366 g/mol. The number of carbonyl (C=O) groups excluding carboxylic acids is 1. The van der Waals surface area contributed by atoms with E-state index >= 15 is 0 Å². The van der Waals surface area contributed by atoms with Crippen LogP contribution >= 0.6 is 11.8 Å². The highest BCUT2D eigenvalue weighted by Gasteiger charge is 2.21. The summed E-state index contributed by atoms with van der Waals surface area (Å²) in [6, 6.07) is 16.5. The summed E-state index contributed by atoms with van der Waals surface area (Å²) >= 11 is 1.47. The van der Waals surface area contributed by atoms with Crippen LogP contribution in [0.15, 0.2) is 59.9 Å². The third-order valence-corrected chi connectivity index (χ3v) is 5.43. The van der Waals surface area contributed by atoms with Gasteiger partial charge in [-0.25, -0.2) is 4.98 Å². The van der Waals surface area contributed by atoms with Gasteiger partial charge in [0.05, 0.1) is 22.8 Å². The van der Waals surface area contributed by atoms with Crippen molar-refractivity contribution in [3.63, 3.8) is 0 Å². The van der Waals surface area contributed by atoms with Crippen molar-refractivity contribution in [2.75, 3.05) is 7.05 Å².